The second kappa shape index (κ2) is 5.00. The Morgan fingerprint density at radius 3 is 2.59 bits per heavy atom. The van der Waals surface area contributed by atoms with Gasteiger partial charge in [0.25, 0.3) is 5.92 Å². The molecule has 1 atom stereocenters. The van der Waals surface area contributed by atoms with Crippen LogP contribution in [0.2, 0.25) is 0 Å². The molecule has 0 spiro atoms. The molecule has 1 aromatic carbocycles. The van der Waals surface area contributed by atoms with Gasteiger partial charge in [-0.25, -0.2) is 8.78 Å². The first-order valence-corrected chi connectivity index (χ1v) is 5.86. The Labute approximate surface area is 100.0 Å². The Balaban J connectivity index is 2.02. The zero-order valence-corrected chi connectivity index (χ0v) is 9.88. The second-order valence-electron chi connectivity index (χ2n) is 4.43. The molecule has 0 bridgehead atoms. The summed E-state index contributed by atoms with van der Waals surface area (Å²) in [5, 5.41) is 2.86. The van der Waals surface area contributed by atoms with Gasteiger partial charge >= 0.3 is 0 Å². The van der Waals surface area contributed by atoms with Gasteiger partial charge < -0.3 is 10.1 Å². The summed E-state index contributed by atoms with van der Waals surface area (Å²) < 4.78 is 32.8. The van der Waals surface area contributed by atoms with Crippen LogP contribution in [-0.2, 0) is 6.42 Å². The highest BCUT2D eigenvalue weighted by Crippen LogP contribution is 2.29. The van der Waals surface area contributed by atoms with Gasteiger partial charge in [-0.15, -0.1) is 0 Å². The van der Waals surface area contributed by atoms with Crippen molar-refractivity contribution in [3.63, 3.8) is 0 Å². The molecule has 2 nitrogen and oxygen atoms in total. The van der Waals surface area contributed by atoms with E-state index in [-0.39, 0.29) is 6.42 Å². The molecule has 1 unspecified atom stereocenters. The van der Waals surface area contributed by atoms with Gasteiger partial charge in [0.1, 0.15) is 5.75 Å². The molecule has 1 aliphatic heterocycles. The van der Waals surface area contributed by atoms with Gasteiger partial charge in [0.2, 0.25) is 0 Å². The van der Waals surface area contributed by atoms with Crippen molar-refractivity contribution in [3.05, 3.63) is 29.8 Å². The molecule has 94 valence electrons. The van der Waals surface area contributed by atoms with E-state index in [0.29, 0.717) is 24.3 Å². The summed E-state index contributed by atoms with van der Waals surface area (Å²) >= 11 is 0. The normalized spacial score (nSPS) is 20.5. The van der Waals surface area contributed by atoms with Crippen LogP contribution in [0.4, 0.5) is 8.78 Å². The van der Waals surface area contributed by atoms with Crippen LogP contribution in [0.1, 0.15) is 18.4 Å². The van der Waals surface area contributed by atoms with E-state index >= 15 is 0 Å². The van der Waals surface area contributed by atoms with Crippen LogP contribution in [0.5, 0.6) is 5.75 Å². The van der Waals surface area contributed by atoms with Crippen LogP contribution in [0.15, 0.2) is 24.3 Å². The lowest BCUT2D eigenvalue weighted by Crippen LogP contribution is -2.42. The molecule has 1 N–H and O–H groups in total. The number of methoxy groups -OCH3 is 1. The molecule has 0 saturated carbocycles. The topological polar surface area (TPSA) is 21.3 Å². The number of alkyl halides is 2. The smallest absolute Gasteiger partial charge is 0.267 e. The summed E-state index contributed by atoms with van der Waals surface area (Å²) in [5.74, 6) is -1.98. The molecule has 0 aromatic heterocycles. The van der Waals surface area contributed by atoms with Crippen molar-refractivity contribution in [2.45, 2.75) is 31.2 Å². The Bertz CT molecular complexity index is 358. The molecule has 0 amide bonds. The first-order chi connectivity index (χ1) is 8.12. The van der Waals surface area contributed by atoms with Crippen LogP contribution in [0.3, 0.4) is 0 Å². The Hall–Kier alpha value is -1.16. The van der Waals surface area contributed by atoms with Crippen molar-refractivity contribution in [2.75, 3.05) is 13.7 Å². The van der Waals surface area contributed by atoms with Gasteiger partial charge in [0.15, 0.2) is 0 Å². The molecule has 1 fully saturated rings. The Morgan fingerprint density at radius 1 is 1.35 bits per heavy atom. The number of nitrogens with one attached hydrogen (secondary N) is 1. The molecule has 4 heteroatoms. The van der Waals surface area contributed by atoms with E-state index in [0.717, 1.165) is 6.42 Å². The first kappa shape index (κ1) is 12.3. The highest BCUT2D eigenvalue weighted by molar-refractivity contribution is 5.28. The SMILES string of the molecule is COc1ccc(CC(F)(F)C2CCCN2)cc1. The van der Waals surface area contributed by atoms with Crippen LogP contribution in [0, 0.1) is 0 Å². The van der Waals surface area contributed by atoms with Crippen LogP contribution in [0.25, 0.3) is 0 Å². The monoisotopic (exact) mass is 241 g/mol. The number of rotatable bonds is 4. The van der Waals surface area contributed by atoms with Gasteiger partial charge in [-0.3, -0.25) is 0 Å². The minimum absolute atomic E-state index is 0.214. The van der Waals surface area contributed by atoms with Crippen LogP contribution < -0.4 is 10.1 Å². The Kier molecular flexibility index (Phi) is 3.62. The maximum absolute atomic E-state index is 13.9. The van der Waals surface area contributed by atoms with Crippen molar-refractivity contribution in [2.24, 2.45) is 0 Å². The van der Waals surface area contributed by atoms with E-state index in [2.05, 4.69) is 5.32 Å². The third kappa shape index (κ3) is 2.94. The molecule has 17 heavy (non-hydrogen) atoms. The maximum Gasteiger partial charge on any atom is 0.267 e. The minimum Gasteiger partial charge on any atom is -0.497 e. The Morgan fingerprint density at radius 2 is 2.06 bits per heavy atom. The predicted octanol–water partition coefficient (Wildman–Crippen LogP) is 2.63. The zero-order chi connectivity index (χ0) is 12.3. The molecule has 2 rings (SSSR count). The number of hydrogen-bond donors (Lipinski definition) is 1. The summed E-state index contributed by atoms with van der Waals surface area (Å²) in [5.41, 5.74) is 0.643. The van der Waals surface area contributed by atoms with E-state index in [9.17, 15) is 8.78 Å². The predicted molar refractivity (Wildman–Crippen MR) is 62.7 cm³/mol. The van der Waals surface area contributed by atoms with E-state index in [1.165, 1.54) is 0 Å². The summed E-state index contributed by atoms with van der Waals surface area (Å²) in [4.78, 5) is 0. The van der Waals surface area contributed by atoms with Crippen molar-refractivity contribution in [3.8, 4) is 5.75 Å². The molecule has 1 saturated heterocycles. The third-order valence-electron chi connectivity index (χ3n) is 3.17. The fraction of sp³-hybridized carbons (Fsp3) is 0.538. The van der Waals surface area contributed by atoms with Crippen molar-refractivity contribution in [1.82, 2.24) is 5.32 Å². The standard InChI is InChI=1S/C13H17F2NO/c1-17-11-6-4-10(5-7-11)9-13(14,15)12-3-2-8-16-12/h4-7,12,16H,2-3,8-9H2,1H3. The van der Waals surface area contributed by atoms with E-state index in [1.54, 1.807) is 31.4 Å². The summed E-state index contributed by atoms with van der Waals surface area (Å²) in [6.07, 6.45) is 1.18. The lowest BCUT2D eigenvalue weighted by molar-refractivity contribution is -0.0307. The number of ether oxygens (including phenoxy) is 1. The van der Waals surface area contributed by atoms with Gasteiger partial charge in [0.05, 0.1) is 13.2 Å². The molecule has 1 heterocycles. The fourth-order valence-electron chi connectivity index (χ4n) is 2.18. The molecule has 0 aliphatic carbocycles. The minimum atomic E-state index is -2.68. The highest BCUT2D eigenvalue weighted by Gasteiger charge is 2.40. The average molecular weight is 241 g/mol. The van der Waals surface area contributed by atoms with Crippen molar-refractivity contribution in [1.29, 1.82) is 0 Å². The quantitative estimate of drug-likeness (QED) is 0.875. The van der Waals surface area contributed by atoms with Gasteiger partial charge in [-0.05, 0) is 37.1 Å². The largest absolute Gasteiger partial charge is 0.497 e. The van der Waals surface area contributed by atoms with Gasteiger partial charge in [0, 0.05) is 6.42 Å². The van der Waals surface area contributed by atoms with Crippen LogP contribution >= 0.6 is 0 Å². The number of halogens is 2. The average Bonchev–Trinajstić information content (AvgIpc) is 2.84. The van der Waals surface area contributed by atoms with Crippen LogP contribution in [-0.4, -0.2) is 25.6 Å². The fourth-order valence-corrected chi connectivity index (χ4v) is 2.18. The van der Waals surface area contributed by atoms with E-state index < -0.39 is 12.0 Å². The summed E-state index contributed by atoms with van der Waals surface area (Å²) in [7, 11) is 1.56. The first-order valence-electron chi connectivity index (χ1n) is 5.86. The van der Waals surface area contributed by atoms with Crippen molar-refractivity contribution >= 4 is 0 Å². The number of benzene rings is 1. The number of hydrogen-bond acceptors (Lipinski definition) is 2. The van der Waals surface area contributed by atoms with Gasteiger partial charge in [-0.1, -0.05) is 12.1 Å². The maximum atomic E-state index is 13.9. The summed E-state index contributed by atoms with van der Waals surface area (Å²) in [6, 6.07) is 6.15. The lowest BCUT2D eigenvalue weighted by Gasteiger charge is -2.23. The molecular formula is C13H17F2NO. The molecule has 0 radical (unpaired) electrons. The molecule has 1 aliphatic rings. The van der Waals surface area contributed by atoms with Crippen molar-refractivity contribution < 1.29 is 13.5 Å². The van der Waals surface area contributed by atoms with Gasteiger partial charge in [-0.2, -0.15) is 0 Å². The third-order valence-corrected chi connectivity index (χ3v) is 3.17. The lowest BCUT2D eigenvalue weighted by atomic mass is 10.00. The summed E-state index contributed by atoms with van der Waals surface area (Å²) in [6.45, 7) is 0.697. The zero-order valence-electron chi connectivity index (χ0n) is 9.88. The second-order valence-corrected chi connectivity index (χ2v) is 4.43. The van der Waals surface area contributed by atoms with E-state index in [1.807, 2.05) is 0 Å². The molecular weight excluding hydrogens is 224 g/mol. The molecule has 1 aromatic rings. The van der Waals surface area contributed by atoms with E-state index in [4.69, 9.17) is 4.74 Å². The highest BCUT2D eigenvalue weighted by atomic mass is 19.3.